The summed E-state index contributed by atoms with van der Waals surface area (Å²) in [5.41, 5.74) is 0.974. The molecule has 2 rings (SSSR count). The van der Waals surface area contributed by atoms with Gasteiger partial charge in [0.25, 0.3) is 0 Å². The molecule has 0 amide bonds. The summed E-state index contributed by atoms with van der Waals surface area (Å²) in [6.45, 7) is 0. The number of rotatable bonds is 3. The number of hydrogen-bond acceptors (Lipinski definition) is 4. The average Bonchev–Trinajstić information content (AvgIpc) is 2.80. The standard InChI is InChI=1S/C8H12N6/c1-9-7(8-10-3-4-11-8)6-5-12-13-14(6)2/h3-5,7,9H,1-2H3,(H,10,11). The molecule has 2 heterocycles. The van der Waals surface area contributed by atoms with E-state index in [0.29, 0.717) is 0 Å². The van der Waals surface area contributed by atoms with Crippen molar-refractivity contribution in [2.24, 2.45) is 7.05 Å². The maximum Gasteiger partial charge on any atom is 0.129 e. The second-order valence-corrected chi connectivity index (χ2v) is 2.98. The topological polar surface area (TPSA) is 71.4 Å². The first-order valence-electron chi connectivity index (χ1n) is 4.34. The largest absolute Gasteiger partial charge is 0.347 e. The Morgan fingerprint density at radius 3 is 2.93 bits per heavy atom. The normalized spacial score (nSPS) is 13.0. The molecule has 2 aromatic rings. The molecule has 0 bridgehead atoms. The molecule has 0 fully saturated rings. The van der Waals surface area contributed by atoms with Crippen molar-refractivity contribution in [3.05, 3.63) is 30.1 Å². The summed E-state index contributed by atoms with van der Waals surface area (Å²) in [5, 5.41) is 10.9. The fraction of sp³-hybridized carbons (Fsp3) is 0.375. The van der Waals surface area contributed by atoms with E-state index in [2.05, 4.69) is 25.6 Å². The van der Waals surface area contributed by atoms with Crippen molar-refractivity contribution in [2.45, 2.75) is 6.04 Å². The van der Waals surface area contributed by atoms with Gasteiger partial charge in [-0.25, -0.2) is 4.98 Å². The van der Waals surface area contributed by atoms with Gasteiger partial charge in [-0.3, -0.25) is 4.68 Å². The number of aryl methyl sites for hydroxylation is 1. The smallest absolute Gasteiger partial charge is 0.129 e. The molecular weight excluding hydrogens is 180 g/mol. The van der Waals surface area contributed by atoms with Gasteiger partial charge in [-0.15, -0.1) is 5.10 Å². The van der Waals surface area contributed by atoms with Gasteiger partial charge >= 0.3 is 0 Å². The van der Waals surface area contributed by atoms with Gasteiger partial charge in [-0.2, -0.15) is 0 Å². The Kier molecular flexibility index (Phi) is 2.28. The molecule has 1 atom stereocenters. The first-order valence-corrected chi connectivity index (χ1v) is 4.34. The van der Waals surface area contributed by atoms with E-state index in [9.17, 15) is 0 Å². The van der Waals surface area contributed by atoms with Crippen molar-refractivity contribution in [1.82, 2.24) is 30.3 Å². The third kappa shape index (κ3) is 1.39. The molecule has 6 heteroatoms. The minimum atomic E-state index is 0.00463. The van der Waals surface area contributed by atoms with Crippen LogP contribution in [-0.4, -0.2) is 32.0 Å². The van der Waals surface area contributed by atoms with Crippen LogP contribution in [0.5, 0.6) is 0 Å². The summed E-state index contributed by atoms with van der Waals surface area (Å²) in [4.78, 5) is 7.26. The molecule has 14 heavy (non-hydrogen) atoms. The van der Waals surface area contributed by atoms with Crippen LogP contribution in [-0.2, 0) is 7.05 Å². The Morgan fingerprint density at radius 1 is 1.57 bits per heavy atom. The molecule has 0 aliphatic rings. The molecule has 2 aromatic heterocycles. The van der Waals surface area contributed by atoms with Gasteiger partial charge in [-0.1, -0.05) is 5.21 Å². The van der Waals surface area contributed by atoms with Gasteiger partial charge in [0.2, 0.25) is 0 Å². The van der Waals surface area contributed by atoms with Crippen LogP contribution in [0.3, 0.4) is 0 Å². The van der Waals surface area contributed by atoms with E-state index in [0.717, 1.165) is 11.5 Å². The SMILES string of the molecule is CNC(c1ncc[nH]1)c1cnnn1C. The second kappa shape index (κ2) is 3.59. The molecule has 0 aliphatic carbocycles. The summed E-state index contributed by atoms with van der Waals surface area (Å²) in [6.07, 6.45) is 5.25. The highest BCUT2D eigenvalue weighted by molar-refractivity contribution is 5.13. The third-order valence-electron chi connectivity index (χ3n) is 2.13. The van der Waals surface area contributed by atoms with Gasteiger partial charge in [0.05, 0.1) is 11.9 Å². The van der Waals surface area contributed by atoms with Crippen LogP contribution in [0.1, 0.15) is 17.6 Å². The quantitative estimate of drug-likeness (QED) is 0.709. The van der Waals surface area contributed by atoms with E-state index in [-0.39, 0.29) is 6.04 Å². The van der Waals surface area contributed by atoms with Crippen LogP contribution in [0.4, 0.5) is 0 Å². The lowest BCUT2D eigenvalue weighted by molar-refractivity contribution is 0.579. The Hall–Kier alpha value is -1.69. The van der Waals surface area contributed by atoms with Gasteiger partial charge in [-0.05, 0) is 7.05 Å². The van der Waals surface area contributed by atoms with E-state index in [1.165, 1.54) is 0 Å². The van der Waals surface area contributed by atoms with E-state index < -0.39 is 0 Å². The number of hydrogen-bond donors (Lipinski definition) is 2. The van der Waals surface area contributed by atoms with E-state index >= 15 is 0 Å². The lowest BCUT2D eigenvalue weighted by Crippen LogP contribution is -2.21. The van der Waals surface area contributed by atoms with E-state index in [1.807, 2.05) is 14.1 Å². The zero-order valence-corrected chi connectivity index (χ0v) is 8.10. The lowest BCUT2D eigenvalue weighted by atomic mass is 10.2. The maximum atomic E-state index is 4.20. The Balaban J connectivity index is 2.36. The maximum absolute atomic E-state index is 4.20. The van der Waals surface area contributed by atoms with E-state index in [4.69, 9.17) is 0 Å². The van der Waals surface area contributed by atoms with Crippen LogP contribution >= 0.6 is 0 Å². The molecular formula is C8H12N6. The second-order valence-electron chi connectivity index (χ2n) is 2.98. The molecule has 0 aromatic carbocycles. The highest BCUT2D eigenvalue weighted by Gasteiger charge is 2.17. The highest BCUT2D eigenvalue weighted by atomic mass is 15.4. The summed E-state index contributed by atoms with van der Waals surface area (Å²) in [5.74, 6) is 0.859. The Morgan fingerprint density at radius 2 is 2.43 bits per heavy atom. The number of aromatic amines is 1. The monoisotopic (exact) mass is 192 g/mol. The molecule has 0 radical (unpaired) electrons. The molecule has 6 nitrogen and oxygen atoms in total. The molecule has 1 unspecified atom stereocenters. The van der Waals surface area contributed by atoms with Crippen molar-refractivity contribution in [3.8, 4) is 0 Å². The van der Waals surface area contributed by atoms with Gasteiger partial charge in [0, 0.05) is 19.4 Å². The lowest BCUT2D eigenvalue weighted by Gasteiger charge is -2.12. The fourth-order valence-electron chi connectivity index (χ4n) is 1.42. The number of nitrogens with one attached hydrogen (secondary N) is 2. The summed E-state index contributed by atoms with van der Waals surface area (Å²) in [6, 6.07) is 0.00463. The number of aromatic nitrogens is 5. The van der Waals surface area contributed by atoms with Gasteiger partial charge in [0.15, 0.2) is 0 Å². The number of H-pyrrole nitrogens is 1. The summed E-state index contributed by atoms with van der Waals surface area (Å²) in [7, 11) is 3.73. The van der Waals surface area contributed by atoms with Gasteiger partial charge < -0.3 is 10.3 Å². The molecule has 74 valence electrons. The van der Waals surface area contributed by atoms with Crippen molar-refractivity contribution >= 4 is 0 Å². The molecule has 0 aliphatic heterocycles. The van der Waals surface area contributed by atoms with Crippen molar-refractivity contribution in [2.75, 3.05) is 7.05 Å². The number of nitrogens with zero attached hydrogens (tertiary/aromatic N) is 4. The predicted molar refractivity (Wildman–Crippen MR) is 50.5 cm³/mol. The minimum absolute atomic E-state index is 0.00463. The van der Waals surface area contributed by atoms with Crippen LogP contribution in [0.15, 0.2) is 18.6 Å². The first kappa shape index (κ1) is 8.89. The zero-order valence-electron chi connectivity index (χ0n) is 8.10. The van der Waals surface area contributed by atoms with Crippen LogP contribution in [0.2, 0.25) is 0 Å². The molecule has 2 N–H and O–H groups in total. The van der Waals surface area contributed by atoms with Crippen LogP contribution < -0.4 is 5.32 Å². The first-order chi connectivity index (χ1) is 6.83. The average molecular weight is 192 g/mol. The van der Waals surface area contributed by atoms with Crippen LogP contribution in [0.25, 0.3) is 0 Å². The fourth-order valence-corrected chi connectivity index (χ4v) is 1.42. The third-order valence-corrected chi connectivity index (χ3v) is 2.13. The van der Waals surface area contributed by atoms with Crippen LogP contribution in [0, 0.1) is 0 Å². The Bertz CT molecular complexity index is 390. The highest BCUT2D eigenvalue weighted by Crippen LogP contribution is 2.15. The minimum Gasteiger partial charge on any atom is -0.347 e. The van der Waals surface area contributed by atoms with Crippen molar-refractivity contribution < 1.29 is 0 Å². The summed E-state index contributed by atoms with van der Waals surface area (Å²) < 4.78 is 1.73. The molecule has 0 saturated heterocycles. The van der Waals surface area contributed by atoms with Crippen molar-refractivity contribution in [3.63, 3.8) is 0 Å². The predicted octanol–water partition coefficient (Wildman–Crippen LogP) is -0.153. The molecule has 0 saturated carbocycles. The van der Waals surface area contributed by atoms with E-state index in [1.54, 1.807) is 23.3 Å². The van der Waals surface area contributed by atoms with Crippen molar-refractivity contribution in [1.29, 1.82) is 0 Å². The zero-order chi connectivity index (χ0) is 9.97. The number of imidazole rings is 1. The Labute approximate surface area is 81.4 Å². The summed E-state index contributed by atoms with van der Waals surface area (Å²) >= 11 is 0. The molecule has 0 spiro atoms. The van der Waals surface area contributed by atoms with Gasteiger partial charge in [0.1, 0.15) is 11.9 Å².